The second-order valence-electron chi connectivity index (χ2n) is 4.86. The molecule has 0 unspecified atom stereocenters. The van der Waals surface area contributed by atoms with Crippen molar-refractivity contribution in [1.82, 2.24) is 0 Å². The van der Waals surface area contributed by atoms with Crippen LogP contribution in [0.15, 0.2) is 49.6 Å². The maximum Gasteiger partial charge on any atom is 0.309 e. The molecular weight excluding hydrogens is 388 g/mol. The summed E-state index contributed by atoms with van der Waals surface area (Å²) in [5, 5.41) is 19.3. The Balaban J connectivity index is 0. The monoisotopic (exact) mass is 413 g/mol. The highest BCUT2D eigenvalue weighted by Gasteiger charge is 2.14. The molecule has 1 aromatic rings. The molecule has 0 aliphatic heterocycles. The average molecular weight is 414 g/mol. The molecule has 25 heavy (non-hydrogen) atoms. The minimum atomic E-state index is -0.995. The SMILES string of the molecule is C=CCBr.C=CCOC(=O)[C@@H](C)Cc1ccc(O)cc1.CCC(=O)[O-]. The number of halogens is 1. The molecule has 1 aromatic carbocycles. The Morgan fingerprint density at radius 2 is 1.76 bits per heavy atom. The average Bonchev–Trinajstić information content (AvgIpc) is 2.62. The Labute approximate surface area is 158 Å². The number of ether oxygens (including phenoxy) is 1. The lowest BCUT2D eigenvalue weighted by atomic mass is 10.0. The lowest BCUT2D eigenvalue weighted by Crippen LogP contribution is -2.19. The van der Waals surface area contributed by atoms with Crippen LogP contribution in [-0.4, -0.2) is 29.0 Å². The molecule has 0 aliphatic carbocycles. The van der Waals surface area contributed by atoms with Crippen molar-refractivity contribution in [2.45, 2.75) is 26.7 Å². The van der Waals surface area contributed by atoms with Crippen molar-refractivity contribution in [3.8, 4) is 5.75 Å². The third-order valence-corrected chi connectivity index (χ3v) is 3.08. The number of aliphatic carboxylic acids is 1. The number of carbonyl (C=O) groups is 2. The molecule has 1 rings (SSSR count). The fourth-order valence-corrected chi connectivity index (χ4v) is 1.35. The molecule has 6 heteroatoms. The Bertz CT molecular complexity index is 511. The van der Waals surface area contributed by atoms with E-state index in [2.05, 4.69) is 29.1 Å². The fraction of sp³-hybridized carbons (Fsp3) is 0.368. The molecule has 0 amide bonds. The van der Waals surface area contributed by atoms with Crippen molar-refractivity contribution >= 4 is 27.9 Å². The molecule has 0 saturated heterocycles. The van der Waals surface area contributed by atoms with E-state index in [1.165, 1.54) is 6.92 Å². The number of phenolic OH excluding ortho intramolecular Hbond substituents is 1. The van der Waals surface area contributed by atoms with Crippen LogP contribution in [0.1, 0.15) is 25.8 Å². The Morgan fingerprint density at radius 3 is 2.12 bits per heavy atom. The number of alkyl halides is 1. The Hall–Kier alpha value is -2.08. The van der Waals surface area contributed by atoms with Crippen molar-refractivity contribution in [3.63, 3.8) is 0 Å². The van der Waals surface area contributed by atoms with Gasteiger partial charge in [-0.3, -0.25) is 4.79 Å². The number of carboxylic acid groups (broad SMARTS) is 1. The van der Waals surface area contributed by atoms with Gasteiger partial charge in [0.2, 0.25) is 0 Å². The smallest absolute Gasteiger partial charge is 0.309 e. The van der Waals surface area contributed by atoms with Crippen LogP contribution in [0, 0.1) is 5.92 Å². The Kier molecular flexibility index (Phi) is 16.9. The molecular formula is C19H26BrO5-. The highest BCUT2D eigenvalue weighted by Crippen LogP contribution is 2.14. The molecule has 1 atom stereocenters. The molecule has 0 saturated carbocycles. The zero-order valence-electron chi connectivity index (χ0n) is 14.7. The van der Waals surface area contributed by atoms with Gasteiger partial charge in [-0.15, -0.1) is 6.58 Å². The van der Waals surface area contributed by atoms with Gasteiger partial charge < -0.3 is 19.7 Å². The van der Waals surface area contributed by atoms with E-state index in [-0.39, 0.29) is 30.7 Å². The molecule has 0 aliphatic rings. The predicted octanol–water partition coefficient (Wildman–Crippen LogP) is 3.01. The highest BCUT2D eigenvalue weighted by molar-refractivity contribution is 9.09. The number of carbonyl (C=O) groups excluding carboxylic acids is 2. The first-order valence-corrected chi connectivity index (χ1v) is 8.86. The van der Waals surface area contributed by atoms with Gasteiger partial charge in [-0.05, 0) is 30.5 Å². The van der Waals surface area contributed by atoms with Crippen molar-refractivity contribution in [1.29, 1.82) is 0 Å². The van der Waals surface area contributed by atoms with E-state index in [1.807, 2.05) is 6.92 Å². The van der Waals surface area contributed by atoms with Crippen molar-refractivity contribution in [3.05, 3.63) is 55.1 Å². The molecule has 0 heterocycles. The van der Waals surface area contributed by atoms with Crippen LogP contribution in [0.5, 0.6) is 5.75 Å². The summed E-state index contributed by atoms with van der Waals surface area (Å²) < 4.78 is 4.94. The highest BCUT2D eigenvalue weighted by atomic mass is 79.9. The number of allylic oxidation sites excluding steroid dienone is 1. The molecule has 0 spiro atoms. The molecule has 0 fully saturated rings. The largest absolute Gasteiger partial charge is 0.550 e. The number of hydrogen-bond acceptors (Lipinski definition) is 5. The third-order valence-electron chi connectivity index (χ3n) is 2.62. The van der Waals surface area contributed by atoms with Gasteiger partial charge in [-0.1, -0.05) is 60.6 Å². The lowest BCUT2D eigenvalue weighted by Gasteiger charge is -2.10. The minimum Gasteiger partial charge on any atom is -0.550 e. The summed E-state index contributed by atoms with van der Waals surface area (Å²) in [5.41, 5.74) is 1.00. The lowest BCUT2D eigenvalue weighted by molar-refractivity contribution is -0.305. The zero-order chi connectivity index (χ0) is 19.7. The summed E-state index contributed by atoms with van der Waals surface area (Å²) in [6.07, 6.45) is 4.06. The minimum absolute atomic E-state index is 0.111. The van der Waals surface area contributed by atoms with E-state index < -0.39 is 5.97 Å². The van der Waals surface area contributed by atoms with E-state index >= 15 is 0 Å². The van der Waals surface area contributed by atoms with Gasteiger partial charge in [-0.2, -0.15) is 0 Å². The summed E-state index contributed by atoms with van der Waals surface area (Å²) in [6.45, 7) is 10.5. The number of carboxylic acids is 1. The van der Waals surface area contributed by atoms with Gasteiger partial charge in [-0.25, -0.2) is 0 Å². The first-order chi connectivity index (χ1) is 11.8. The van der Waals surface area contributed by atoms with Crippen molar-refractivity contribution in [2.24, 2.45) is 5.92 Å². The first kappa shape index (κ1) is 25.2. The molecule has 0 radical (unpaired) electrons. The summed E-state index contributed by atoms with van der Waals surface area (Å²) in [6, 6.07) is 6.81. The van der Waals surface area contributed by atoms with Crippen LogP contribution >= 0.6 is 15.9 Å². The number of esters is 1. The first-order valence-electron chi connectivity index (χ1n) is 7.74. The second kappa shape index (κ2) is 16.8. The third kappa shape index (κ3) is 16.6. The van der Waals surface area contributed by atoms with Gasteiger partial charge in [0.25, 0.3) is 0 Å². The van der Waals surface area contributed by atoms with Crippen LogP contribution < -0.4 is 5.11 Å². The molecule has 140 valence electrons. The van der Waals surface area contributed by atoms with Gasteiger partial charge in [0.1, 0.15) is 12.4 Å². The van der Waals surface area contributed by atoms with Crippen LogP contribution in [0.2, 0.25) is 0 Å². The van der Waals surface area contributed by atoms with E-state index in [0.717, 1.165) is 10.9 Å². The van der Waals surface area contributed by atoms with Gasteiger partial charge in [0.05, 0.1) is 5.92 Å². The van der Waals surface area contributed by atoms with Crippen molar-refractivity contribution in [2.75, 3.05) is 11.9 Å². The van der Waals surface area contributed by atoms with E-state index in [4.69, 9.17) is 9.84 Å². The van der Waals surface area contributed by atoms with Gasteiger partial charge >= 0.3 is 5.97 Å². The quantitative estimate of drug-likeness (QED) is 0.421. The fourth-order valence-electron chi connectivity index (χ4n) is 1.35. The van der Waals surface area contributed by atoms with Crippen LogP contribution in [-0.2, 0) is 20.7 Å². The maximum absolute atomic E-state index is 11.5. The standard InChI is InChI=1S/C13H16O3.C3H5Br.C3H6O2/c1-3-8-16-13(15)10(2)9-11-4-6-12(14)7-5-11;1-2-3-4;1-2-3(4)5/h3-7,10,14H,1,8-9H2,2H3;2H,1,3H2;2H2,1H3,(H,4,5)/p-1/t10-;;/m0../s1. The topological polar surface area (TPSA) is 86.7 Å². The van der Waals surface area contributed by atoms with Crippen molar-refractivity contribution < 1.29 is 24.5 Å². The van der Waals surface area contributed by atoms with Crippen LogP contribution in [0.3, 0.4) is 0 Å². The number of benzene rings is 1. The number of phenols is 1. The van der Waals surface area contributed by atoms with E-state index in [9.17, 15) is 14.7 Å². The van der Waals surface area contributed by atoms with Crippen LogP contribution in [0.25, 0.3) is 0 Å². The second-order valence-corrected chi connectivity index (χ2v) is 5.51. The number of rotatable bonds is 7. The maximum atomic E-state index is 11.5. The normalized spacial score (nSPS) is 10.0. The molecule has 0 bridgehead atoms. The van der Waals surface area contributed by atoms with Gasteiger partial charge in [0, 0.05) is 11.3 Å². The van der Waals surface area contributed by atoms with Gasteiger partial charge in [0.15, 0.2) is 0 Å². The predicted molar refractivity (Wildman–Crippen MR) is 101 cm³/mol. The Morgan fingerprint density at radius 1 is 1.28 bits per heavy atom. The van der Waals surface area contributed by atoms with E-state index in [0.29, 0.717) is 6.42 Å². The zero-order valence-corrected chi connectivity index (χ0v) is 16.3. The summed E-state index contributed by atoms with van der Waals surface area (Å²) in [5.74, 6) is -1.19. The van der Waals surface area contributed by atoms with E-state index in [1.54, 1.807) is 36.4 Å². The number of aromatic hydroxyl groups is 1. The summed E-state index contributed by atoms with van der Waals surface area (Å²) in [7, 11) is 0. The molecule has 1 N–H and O–H groups in total. The van der Waals surface area contributed by atoms with Crippen LogP contribution in [0.4, 0.5) is 0 Å². The number of hydrogen-bond donors (Lipinski definition) is 1. The molecule has 0 aromatic heterocycles. The summed E-state index contributed by atoms with van der Waals surface area (Å²) in [4.78, 5) is 20.7. The molecule has 5 nitrogen and oxygen atoms in total. The summed E-state index contributed by atoms with van der Waals surface area (Å²) >= 11 is 3.13.